The quantitative estimate of drug-likeness (QED) is 0.355. The van der Waals surface area contributed by atoms with Gasteiger partial charge >= 0.3 is 0 Å². The van der Waals surface area contributed by atoms with E-state index in [1.165, 1.54) is 10.4 Å². The zero-order valence-electron chi connectivity index (χ0n) is 21.0. The summed E-state index contributed by atoms with van der Waals surface area (Å²) in [7, 11) is 1.64. The second kappa shape index (κ2) is 12.7. The monoisotopic (exact) mass is 506 g/mol. The Morgan fingerprint density at radius 1 is 1.08 bits per heavy atom. The Balaban J connectivity index is 1.47. The Morgan fingerprint density at radius 2 is 1.86 bits per heavy atom. The van der Waals surface area contributed by atoms with Crippen molar-refractivity contribution in [1.29, 1.82) is 0 Å². The van der Waals surface area contributed by atoms with E-state index in [0.29, 0.717) is 32.7 Å². The lowest BCUT2D eigenvalue weighted by molar-refractivity contribution is -0.142. The highest BCUT2D eigenvalue weighted by Gasteiger charge is 2.33. The Labute approximate surface area is 217 Å². The smallest absolute Gasteiger partial charge is 0.242 e. The molecule has 0 radical (unpaired) electrons. The number of carbonyl (C=O) groups excluding carboxylic acids is 2. The zero-order chi connectivity index (χ0) is 25.3. The lowest BCUT2D eigenvalue weighted by atomic mass is 10.0. The molecule has 0 saturated carbocycles. The molecule has 2 aromatic carbocycles. The molecular weight excluding hydrogens is 472 g/mol. The zero-order valence-corrected chi connectivity index (χ0v) is 21.8. The molecule has 1 aliphatic heterocycles. The summed E-state index contributed by atoms with van der Waals surface area (Å²) in [4.78, 5) is 31.7. The molecule has 1 unspecified atom stereocenters. The number of hydrogen-bond acceptors (Lipinski definition) is 5. The van der Waals surface area contributed by atoms with E-state index >= 15 is 0 Å². The molecular formula is C29H34N2O4S. The predicted octanol–water partition coefficient (Wildman–Crippen LogP) is 4.67. The minimum atomic E-state index is -0.182. The van der Waals surface area contributed by atoms with Crippen LogP contribution in [0.25, 0.3) is 0 Å². The van der Waals surface area contributed by atoms with E-state index < -0.39 is 0 Å². The van der Waals surface area contributed by atoms with E-state index in [2.05, 4.69) is 11.4 Å². The van der Waals surface area contributed by atoms with Crippen molar-refractivity contribution in [1.82, 2.24) is 9.80 Å². The molecule has 1 atom stereocenters. The van der Waals surface area contributed by atoms with Crippen LogP contribution in [0.15, 0.2) is 66.0 Å². The summed E-state index contributed by atoms with van der Waals surface area (Å²) in [5.41, 5.74) is 3.26. The summed E-state index contributed by atoms with van der Waals surface area (Å²) in [5, 5.41) is 2.08. The number of amides is 2. The van der Waals surface area contributed by atoms with Gasteiger partial charge in [0.1, 0.15) is 12.4 Å². The molecule has 2 heterocycles. The molecule has 0 bridgehead atoms. The molecule has 1 aromatic heterocycles. The fraction of sp³-hybridized carbons (Fsp3) is 0.379. The number of nitrogens with zero attached hydrogens (tertiary/aromatic N) is 2. The number of hydrogen-bond donors (Lipinski definition) is 0. The average molecular weight is 507 g/mol. The standard InChI is InChI=1S/C29H34N2O4S/c1-22-9-11-24(12-10-22)35-21-26-25-14-18-36-27(25)13-16-31(26)29(33)20-30(15-6-17-34-2)28(32)19-23-7-4-3-5-8-23/h3-5,7-12,14,18,26H,6,13,15-17,19-21H2,1-2H3. The average Bonchev–Trinajstić information content (AvgIpc) is 3.37. The van der Waals surface area contributed by atoms with E-state index in [0.717, 1.165) is 23.3 Å². The van der Waals surface area contributed by atoms with Gasteiger partial charge in [0.05, 0.1) is 19.0 Å². The lowest BCUT2D eigenvalue weighted by Crippen LogP contribution is -2.48. The maximum Gasteiger partial charge on any atom is 0.242 e. The first-order valence-corrected chi connectivity index (χ1v) is 13.3. The van der Waals surface area contributed by atoms with Gasteiger partial charge in [-0.15, -0.1) is 11.3 Å². The van der Waals surface area contributed by atoms with Crippen LogP contribution in [0.1, 0.15) is 34.0 Å². The van der Waals surface area contributed by atoms with Gasteiger partial charge in [0, 0.05) is 31.7 Å². The second-order valence-corrected chi connectivity index (χ2v) is 10.1. The number of thiophene rings is 1. The molecule has 0 aliphatic carbocycles. The molecule has 0 spiro atoms. The van der Waals surface area contributed by atoms with Gasteiger partial charge in [0.2, 0.25) is 11.8 Å². The molecule has 7 heteroatoms. The summed E-state index contributed by atoms with van der Waals surface area (Å²) in [6.07, 6.45) is 1.77. The third kappa shape index (κ3) is 6.74. The lowest BCUT2D eigenvalue weighted by Gasteiger charge is -2.37. The van der Waals surface area contributed by atoms with Gasteiger partial charge in [-0.25, -0.2) is 0 Å². The van der Waals surface area contributed by atoms with Crippen molar-refractivity contribution in [2.75, 3.05) is 40.0 Å². The first-order valence-electron chi connectivity index (χ1n) is 12.4. The number of ether oxygens (including phenoxy) is 2. The largest absolute Gasteiger partial charge is 0.491 e. The predicted molar refractivity (Wildman–Crippen MR) is 142 cm³/mol. The minimum absolute atomic E-state index is 0.0497. The highest BCUT2D eigenvalue weighted by atomic mass is 32.1. The number of rotatable bonds is 11. The van der Waals surface area contributed by atoms with Crippen LogP contribution in [0, 0.1) is 6.92 Å². The summed E-state index contributed by atoms with van der Waals surface area (Å²) >= 11 is 1.73. The number of fused-ring (bicyclic) bond motifs is 1. The van der Waals surface area contributed by atoms with Crippen LogP contribution in [0.5, 0.6) is 5.75 Å². The Kier molecular flexibility index (Phi) is 9.14. The molecule has 3 aromatic rings. The number of carbonyl (C=O) groups is 2. The summed E-state index contributed by atoms with van der Waals surface area (Å²) in [5.74, 6) is 0.684. The summed E-state index contributed by atoms with van der Waals surface area (Å²) in [6, 6.07) is 19.5. The van der Waals surface area contributed by atoms with Gasteiger partial charge in [-0.1, -0.05) is 48.0 Å². The maximum atomic E-state index is 13.6. The van der Waals surface area contributed by atoms with Gasteiger partial charge in [-0.05, 0) is 54.5 Å². The molecule has 0 fully saturated rings. The number of methoxy groups -OCH3 is 1. The Hall–Kier alpha value is -3.16. The Morgan fingerprint density at radius 3 is 2.61 bits per heavy atom. The van der Waals surface area contributed by atoms with Crippen LogP contribution >= 0.6 is 11.3 Å². The number of aryl methyl sites for hydroxylation is 1. The SMILES string of the molecule is COCCCN(CC(=O)N1CCc2sccc2C1COc1ccc(C)cc1)C(=O)Cc1ccccc1. The first kappa shape index (κ1) is 25.9. The van der Waals surface area contributed by atoms with Crippen molar-refractivity contribution in [2.45, 2.75) is 32.2 Å². The third-order valence-electron chi connectivity index (χ3n) is 6.50. The van der Waals surface area contributed by atoms with Gasteiger partial charge in [0.15, 0.2) is 0 Å². The van der Waals surface area contributed by atoms with Crippen molar-refractivity contribution in [3.05, 3.63) is 87.6 Å². The Bertz CT molecular complexity index is 1130. The topological polar surface area (TPSA) is 59.1 Å². The van der Waals surface area contributed by atoms with Gasteiger partial charge in [0.25, 0.3) is 0 Å². The van der Waals surface area contributed by atoms with Gasteiger partial charge < -0.3 is 19.3 Å². The molecule has 4 rings (SSSR count). The van der Waals surface area contributed by atoms with E-state index in [-0.39, 0.29) is 30.8 Å². The van der Waals surface area contributed by atoms with E-state index in [1.807, 2.05) is 66.4 Å². The van der Waals surface area contributed by atoms with E-state index in [4.69, 9.17) is 9.47 Å². The first-order chi connectivity index (χ1) is 17.5. The van der Waals surface area contributed by atoms with Crippen LogP contribution in [-0.2, 0) is 27.2 Å². The minimum Gasteiger partial charge on any atom is -0.491 e. The molecule has 36 heavy (non-hydrogen) atoms. The van der Waals surface area contributed by atoms with Crippen LogP contribution in [-0.4, -0.2) is 61.6 Å². The van der Waals surface area contributed by atoms with Crippen LogP contribution in [0.2, 0.25) is 0 Å². The van der Waals surface area contributed by atoms with Crippen molar-refractivity contribution in [3.63, 3.8) is 0 Å². The van der Waals surface area contributed by atoms with Crippen molar-refractivity contribution in [3.8, 4) is 5.75 Å². The van der Waals surface area contributed by atoms with Gasteiger partial charge in [-0.2, -0.15) is 0 Å². The fourth-order valence-electron chi connectivity index (χ4n) is 4.51. The van der Waals surface area contributed by atoms with Crippen LogP contribution in [0.4, 0.5) is 0 Å². The van der Waals surface area contributed by atoms with Crippen LogP contribution < -0.4 is 4.74 Å². The molecule has 1 aliphatic rings. The van der Waals surface area contributed by atoms with Crippen molar-refractivity contribution >= 4 is 23.2 Å². The fourth-order valence-corrected chi connectivity index (χ4v) is 5.44. The van der Waals surface area contributed by atoms with Crippen LogP contribution in [0.3, 0.4) is 0 Å². The van der Waals surface area contributed by atoms with Crippen molar-refractivity contribution < 1.29 is 19.1 Å². The normalized spacial score (nSPS) is 14.8. The maximum absolute atomic E-state index is 13.6. The molecule has 2 amide bonds. The molecule has 190 valence electrons. The summed E-state index contributed by atoms with van der Waals surface area (Å²) < 4.78 is 11.3. The second-order valence-electron chi connectivity index (χ2n) is 9.10. The highest BCUT2D eigenvalue weighted by molar-refractivity contribution is 7.10. The molecule has 6 nitrogen and oxygen atoms in total. The van der Waals surface area contributed by atoms with Crippen molar-refractivity contribution in [2.24, 2.45) is 0 Å². The highest BCUT2D eigenvalue weighted by Crippen LogP contribution is 2.34. The molecule has 0 N–H and O–H groups in total. The third-order valence-corrected chi connectivity index (χ3v) is 7.49. The van der Waals surface area contributed by atoms with E-state index in [1.54, 1.807) is 23.3 Å². The van der Waals surface area contributed by atoms with Gasteiger partial charge in [-0.3, -0.25) is 9.59 Å². The van der Waals surface area contributed by atoms with E-state index in [9.17, 15) is 9.59 Å². The summed E-state index contributed by atoms with van der Waals surface area (Å²) in [6.45, 7) is 4.11. The number of benzene rings is 2. The molecule has 0 saturated heterocycles.